The van der Waals surface area contributed by atoms with Gasteiger partial charge in [-0.3, -0.25) is 9.59 Å². The molecule has 0 aliphatic heterocycles. The molecule has 110 valence electrons. The molecule has 1 aliphatic carbocycles. The zero-order chi connectivity index (χ0) is 15.8. The lowest BCUT2D eigenvalue weighted by molar-refractivity contribution is 0.0991. The lowest BCUT2D eigenvalue weighted by Crippen LogP contribution is -2.15. The van der Waals surface area contributed by atoms with Crippen LogP contribution in [0.5, 0.6) is 0 Å². The molecule has 0 bridgehead atoms. The van der Waals surface area contributed by atoms with Crippen molar-refractivity contribution in [3.63, 3.8) is 0 Å². The van der Waals surface area contributed by atoms with Crippen molar-refractivity contribution in [1.82, 2.24) is 0 Å². The monoisotopic (exact) mass is 316 g/mol. The van der Waals surface area contributed by atoms with E-state index in [9.17, 15) is 9.59 Å². The van der Waals surface area contributed by atoms with E-state index >= 15 is 0 Å². The van der Waals surface area contributed by atoms with Crippen molar-refractivity contribution in [2.75, 3.05) is 0 Å². The number of carbonyl (C=O) groups excluding carboxylic acids is 2. The average Bonchev–Trinajstić information content (AvgIpc) is 2.59. The molecule has 0 atom stereocenters. The number of carbonyl (C=O) groups is 2. The van der Waals surface area contributed by atoms with Crippen LogP contribution in [0.4, 0.5) is 0 Å². The molecular formula is C20H12O2S. The molecular weight excluding hydrogens is 304 g/mol. The summed E-state index contributed by atoms with van der Waals surface area (Å²) in [6.45, 7) is 0. The van der Waals surface area contributed by atoms with Crippen molar-refractivity contribution in [2.24, 2.45) is 0 Å². The van der Waals surface area contributed by atoms with Gasteiger partial charge in [0, 0.05) is 22.1 Å². The molecule has 23 heavy (non-hydrogen) atoms. The second kappa shape index (κ2) is 5.52. The van der Waals surface area contributed by atoms with E-state index < -0.39 is 0 Å². The summed E-state index contributed by atoms with van der Waals surface area (Å²) in [7, 11) is 0. The van der Waals surface area contributed by atoms with Gasteiger partial charge in [0.15, 0.2) is 5.78 Å². The van der Waals surface area contributed by atoms with E-state index in [-0.39, 0.29) is 11.6 Å². The van der Waals surface area contributed by atoms with Crippen LogP contribution in [0.25, 0.3) is 10.8 Å². The average molecular weight is 316 g/mol. The molecule has 1 aliphatic rings. The first-order chi connectivity index (χ1) is 11.2. The third kappa shape index (κ3) is 2.49. The van der Waals surface area contributed by atoms with E-state index in [0.717, 1.165) is 15.7 Å². The molecule has 0 unspecified atom stereocenters. The predicted molar refractivity (Wildman–Crippen MR) is 93.0 cm³/mol. The minimum Gasteiger partial charge on any atom is -0.289 e. The first-order valence-corrected chi connectivity index (χ1v) is 8.10. The van der Waals surface area contributed by atoms with Crippen LogP contribution < -0.4 is 0 Å². The van der Waals surface area contributed by atoms with Crippen molar-refractivity contribution in [3.05, 3.63) is 88.8 Å². The normalized spacial score (nSPS) is 13.8. The molecule has 0 spiro atoms. The highest BCUT2D eigenvalue weighted by Gasteiger charge is 2.25. The van der Waals surface area contributed by atoms with Crippen LogP contribution in [0, 0.1) is 0 Å². The van der Waals surface area contributed by atoms with Crippen molar-refractivity contribution in [3.8, 4) is 0 Å². The summed E-state index contributed by atoms with van der Waals surface area (Å²) in [5.41, 5.74) is 0.976. The second-order valence-corrected chi connectivity index (χ2v) is 6.47. The van der Waals surface area contributed by atoms with Gasteiger partial charge >= 0.3 is 0 Å². The summed E-state index contributed by atoms with van der Waals surface area (Å²) >= 11 is 1.35. The van der Waals surface area contributed by atoms with Crippen LogP contribution in [0.1, 0.15) is 20.7 Å². The Hall–Kier alpha value is -2.65. The highest BCUT2D eigenvalue weighted by Crippen LogP contribution is 2.34. The highest BCUT2D eigenvalue weighted by atomic mass is 32.2. The van der Waals surface area contributed by atoms with Gasteiger partial charge in [-0.25, -0.2) is 0 Å². The Morgan fingerprint density at radius 3 is 2.22 bits per heavy atom. The van der Waals surface area contributed by atoms with Crippen LogP contribution in [-0.4, -0.2) is 11.6 Å². The molecule has 0 saturated carbocycles. The molecule has 3 heteroatoms. The third-order valence-corrected chi connectivity index (χ3v) is 4.88. The Morgan fingerprint density at radius 2 is 1.39 bits per heavy atom. The predicted octanol–water partition coefficient (Wildman–Crippen LogP) is 4.90. The summed E-state index contributed by atoms with van der Waals surface area (Å²) < 4.78 is 0. The molecule has 0 amide bonds. The van der Waals surface area contributed by atoms with Crippen molar-refractivity contribution in [2.45, 2.75) is 4.90 Å². The number of hydrogen-bond donors (Lipinski definition) is 0. The number of fused-ring (bicyclic) bond motifs is 2. The summed E-state index contributed by atoms with van der Waals surface area (Å²) in [4.78, 5) is 26.2. The Balaban J connectivity index is 1.71. The minimum absolute atomic E-state index is 0.0849. The fourth-order valence-corrected chi connectivity index (χ4v) is 3.67. The number of thioether (sulfide) groups is 1. The Bertz CT molecular complexity index is 986. The van der Waals surface area contributed by atoms with Crippen molar-refractivity contribution in [1.29, 1.82) is 0 Å². The number of rotatable bonds is 2. The summed E-state index contributed by atoms with van der Waals surface area (Å²) in [5.74, 6) is -0.193. The lowest BCUT2D eigenvalue weighted by atomic mass is 9.95. The number of Topliss-reactive ketones (excluding diaryl/α,β-unsaturated/α-hetero) is 1. The van der Waals surface area contributed by atoms with Crippen LogP contribution in [0.2, 0.25) is 0 Å². The van der Waals surface area contributed by atoms with Crippen LogP contribution in [-0.2, 0) is 0 Å². The lowest BCUT2D eigenvalue weighted by Gasteiger charge is -2.14. The zero-order valence-electron chi connectivity index (χ0n) is 12.2. The number of benzene rings is 3. The first kappa shape index (κ1) is 14.0. The van der Waals surface area contributed by atoms with Gasteiger partial charge in [0.05, 0.1) is 4.91 Å². The zero-order valence-corrected chi connectivity index (χ0v) is 13.0. The molecule has 0 radical (unpaired) electrons. The minimum atomic E-state index is -0.108. The van der Waals surface area contributed by atoms with E-state index in [1.165, 1.54) is 17.8 Å². The first-order valence-electron chi connectivity index (χ1n) is 7.29. The van der Waals surface area contributed by atoms with Crippen LogP contribution in [0.3, 0.4) is 0 Å². The standard InChI is InChI=1S/C20H12O2S/c21-18-12-19(20(22)17-8-4-3-7-16(17)18)23-15-10-9-13-5-1-2-6-14(13)11-15/h1-12H. The maximum Gasteiger partial charge on any atom is 0.200 e. The van der Waals surface area contributed by atoms with E-state index in [4.69, 9.17) is 0 Å². The fraction of sp³-hybridized carbons (Fsp3) is 0. The molecule has 0 saturated heterocycles. The van der Waals surface area contributed by atoms with Gasteiger partial charge in [-0.05, 0) is 22.9 Å². The van der Waals surface area contributed by atoms with Gasteiger partial charge in [-0.15, -0.1) is 0 Å². The molecule has 0 fully saturated rings. The van der Waals surface area contributed by atoms with Crippen molar-refractivity contribution >= 4 is 34.1 Å². The van der Waals surface area contributed by atoms with Crippen LogP contribution >= 0.6 is 11.8 Å². The Kier molecular flexibility index (Phi) is 3.36. The van der Waals surface area contributed by atoms with Gasteiger partial charge in [-0.1, -0.05) is 66.4 Å². The SMILES string of the molecule is O=C1C=C(Sc2ccc3ccccc3c2)C(=O)c2ccccc21. The van der Waals surface area contributed by atoms with E-state index in [1.54, 1.807) is 24.3 Å². The molecule has 0 aromatic heterocycles. The Labute approximate surface area is 137 Å². The number of allylic oxidation sites excluding steroid dienone is 2. The molecule has 0 heterocycles. The maximum atomic E-state index is 12.6. The maximum absolute atomic E-state index is 12.6. The molecule has 2 nitrogen and oxygen atoms in total. The molecule has 3 aromatic rings. The van der Waals surface area contributed by atoms with Gasteiger partial charge in [-0.2, -0.15) is 0 Å². The van der Waals surface area contributed by atoms with E-state index in [0.29, 0.717) is 16.0 Å². The molecule has 4 rings (SSSR count). The van der Waals surface area contributed by atoms with E-state index in [1.807, 2.05) is 36.4 Å². The van der Waals surface area contributed by atoms with Gasteiger partial charge in [0.2, 0.25) is 5.78 Å². The fourth-order valence-electron chi connectivity index (χ4n) is 2.72. The summed E-state index contributed by atoms with van der Waals surface area (Å²) in [6.07, 6.45) is 1.45. The quantitative estimate of drug-likeness (QED) is 0.674. The summed E-state index contributed by atoms with van der Waals surface area (Å²) in [5, 5.41) is 2.27. The third-order valence-electron chi connectivity index (χ3n) is 3.87. The second-order valence-electron chi connectivity index (χ2n) is 5.36. The summed E-state index contributed by atoms with van der Waals surface area (Å²) in [6, 6.07) is 21.1. The van der Waals surface area contributed by atoms with E-state index in [2.05, 4.69) is 6.07 Å². The Morgan fingerprint density at radius 1 is 0.696 bits per heavy atom. The van der Waals surface area contributed by atoms with Crippen LogP contribution in [0.15, 0.2) is 82.6 Å². The molecule has 3 aromatic carbocycles. The molecule has 0 N–H and O–H groups in total. The van der Waals surface area contributed by atoms with Gasteiger partial charge < -0.3 is 0 Å². The topological polar surface area (TPSA) is 34.1 Å². The van der Waals surface area contributed by atoms with Gasteiger partial charge in [0.1, 0.15) is 0 Å². The largest absolute Gasteiger partial charge is 0.289 e. The highest BCUT2D eigenvalue weighted by molar-refractivity contribution is 8.04. The number of ketones is 2. The smallest absolute Gasteiger partial charge is 0.200 e. The number of hydrogen-bond acceptors (Lipinski definition) is 3. The van der Waals surface area contributed by atoms with Gasteiger partial charge in [0.25, 0.3) is 0 Å². The van der Waals surface area contributed by atoms with Crippen molar-refractivity contribution < 1.29 is 9.59 Å².